The zero-order chi connectivity index (χ0) is 13.7. The molecule has 102 valence electrons. The molecule has 0 aromatic heterocycles. The number of likely N-dealkylation sites (tertiary alicyclic amines) is 1. The van der Waals surface area contributed by atoms with Crippen molar-refractivity contribution < 1.29 is 9.59 Å². The highest BCUT2D eigenvalue weighted by molar-refractivity contribution is 5.84. The van der Waals surface area contributed by atoms with Crippen LogP contribution in [0.25, 0.3) is 0 Å². The molecule has 0 radical (unpaired) electrons. The molecule has 1 aliphatic rings. The van der Waals surface area contributed by atoms with Gasteiger partial charge in [-0.3, -0.25) is 9.59 Å². The molecule has 19 heavy (non-hydrogen) atoms. The third-order valence-electron chi connectivity index (χ3n) is 3.63. The smallest absolute Gasteiger partial charge is 0.243 e. The summed E-state index contributed by atoms with van der Waals surface area (Å²) in [4.78, 5) is 24.4. The Morgan fingerprint density at radius 3 is 2.68 bits per heavy atom. The molecule has 1 N–H and O–H groups in total. The first kappa shape index (κ1) is 13.6. The molecule has 1 atom stereocenters. The van der Waals surface area contributed by atoms with E-state index in [0.717, 1.165) is 31.2 Å². The first-order chi connectivity index (χ1) is 9.24. The molecule has 0 aliphatic carbocycles. The van der Waals surface area contributed by atoms with E-state index < -0.39 is 0 Å². The van der Waals surface area contributed by atoms with Crippen molar-refractivity contribution in [2.45, 2.75) is 38.8 Å². The van der Waals surface area contributed by atoms with Crippen LogP contribution in [0.15, 0.2) is 24.3 Å². The normalized spacial score (nSPS) is 18.4. The van der Waals surface area contributed by atoms with E-state index in [9.17, 15) is 9.59 Å². The minimum absolute atomic E-state index is 0.0517. The number of benzene rings is 1. The van der Waals surface area contributed by atoms with Crippen LogP contribution in [-0.4, -0.2) is 29.8 Å². The third-order valence-corrected chi connectivity index (χ3v) is 3.63. The predicted octanol–water partition coefficient (Wildman–Crippen LogP) is 1.49. The molecular formula is C15H20N2O2. The Hall–Kier alpha value is -1.84. The van der Waals surface area contributed by atoms with Crippen LogP contribution in [0.5, 0.6) is 0 Å². The fourth-order valence-corrected chi connectivity index (χ4v) is 2.40. The topological polar surface area (TPSA) is 49.4 Å². The number of hydrogen-bond acceptors (Lipinski definition) is 2. The van der Waals surface area contributed by atoms with Crippen LogP contribution in [0.1, 0.15) is 30.9 Å². The van der Waals surface area contributed by atoms with Crippen molar-refractivity contribution in [2.75, 3.05) is 6.54 Å². The molecule has 1 aliphatic heterocycles. The molecule has 0 saturated carbocycles. The van der Waals surface area contributed by atoms with Crippen LogP contribution in [0.4, 0.5) is 0 Å². The van der Waals surface area contributed by atoms with E-state index in [-0.39, 0.29) is 11.9 Å². The Morgan fingerprint density at radius 2 is 2.05 bits per heavy atom. The maximum atomic E-state index is 12.0. The highest BCUT2D eigenvalue weighted by atomic mass is 16.2. The monoisotopic (exact) mass is 260 g/mol. The minimum Gasteiger partial charge on any atom is -0.350 e. The molecule has 1 fully saturated rings. The van der Waals surface area contributed by atoms with Crippen LogP contribution in [0, 0.1) is 0 Å². The lowest BCUT2D eigenvalue weighted by Gasteiger charge is -2.19. The lowest BCUT2D eigenvalue weighted by atomic mass is 10.1. The zero-order valence-corrected chi connectivity index (χ0v) is 11.3. The van der Waals surface area contributed by atoms with Crippen molar-refractivity contribution in [1.82, 2.24) is 10.2 Å². The Kier molecular flexibility index (Phi) is 4.55. The van der Waals surface area contributed by atoms with E-state index in [1.807, 2.05) is 12.1 Å². The third kappa shape index (κ3) is 3.34. The van der Waals surface area contributed by atoms with Gasteiger partial charge in [0, 0.05) is 13.1 Å². The van der Waals surface area contributed by atoms with Gasteiger partial charge in [-0.25, -0.2) is 0 Å². The molecule has 4 nitrogen and oxygen atoms in total. The molecular weight excluding hydrogens is 240 g/mol. The van der Waals surface area contributed by atoms with Gasteiger partial charge in [0.2, 0.25) is 12.3 Å². The van der Waals surface area contributed by atoms with E-state index in [0.29, 0.717) is 13.1 Å². The Balaban J connectivity index is 1.87. The lowest BCUT2D eigenvalue weighted by Crippen LogP contribution is -2.42. The van der Waals surface area contributed by atoms with Crippen LogP contribution in [0.3, 0.4) is 0 Å². The summed E-state index contributed by atoms with van der Waals surface area (Å²) < 4.78 is 0. The second-order valence-electron chi connectivity index (χ2n) is 4.89. The predicted molar refractivity (Wildman–Crippen MR) is 73.5 cm³/mol. The second kappa shape index (κ2) is 6.36. The second-order valence-corrected chi connectivity index (χ2v) is 4.89. The Bertz CT molecular complexity index is 442. The molecule has 2 amide bonds. The van der Waals surface area contributed by atoms with Crippen molar-refractivity contribution >= 4 is 12.3 Å². The SMILES string of the molecule is CCc1ccc(CNC(=O)[C@@H]2CCCN2C=O)cc1. The quantitative estimate of drug-likeness (QED) is 0.815. The van der Waals surface area contributed by atoms with Gasteiger partial charge < -0.3 is 10.2 Å². The van der Waals surface area contributed by atoms with Crippen molar-refractivity contribution in [3.05, 3.63) is 35.4 Å². The van der Waals surface area contributed by atoms with E-state index in [4.69, 9.17) is 0 Å². The van der Waals surface area contributed by atoms with E-state index in [2.05, 4.69) is 24.4 Å². The van der Waals surface area contributed by atoms with Gasteiger partial charge in [0.15, 0.2) is 0 Å². The number of rotatable bonds is 5. The number of nitrogens with one attached hydrogen (secondary N) is 1. The summed E-state index contributed by atoms with van der Waals surface area (Å²) in [6.07, 6.45) is 3.46. The Morgan fingerprint density at radius 1 is 1.37 bits per heavy atom. The highest BCUT2D eigenvalue weighted by Crippen LogP contribution is 2.15. The number of amides is 2. The summed E-state index contributed by atoms with van der Waals surface area (Å²) in [7, 11) is 0. The van der Waals surface area contributed by atoms with E-state index in [1.165, 1.54) is 5.56 Å². The maximum absolute atomic E-state index is 12.0. The number of carbonyl (C=O) groups excluding carboxylic acids is 2. The fourth-order valence-electron chi connectivity index (χ4n) is 2.40. The van der Waals surface area contributed by atoms with E-state index in [1.54, 1.807) is 4.90 Å². The standard InChI is InChI=1S/C15H20N2O2/c1-2-12-5-7-13(8-6-12)10-16-15(19)14-4-3-9-17(14)11-18/h5-8,11,14H,2-4,9-10H2,1H3,(H,16,19)/t14-/m0/s1. The van der Waals surface area contributed by atoms with Gasteiger partial charge in [-0.15, -0.1) is 0 Å². The summed E-state index contributed by atoms with van der Waals surface area (Å²) in [5.41, 5.74) is 2.37. The number of aryl methyl sites for hydroxylation is 1. The number of nitrogens with zero attached hydrogens (tertiary/aromatic N) is 1. The van der Waals surface area contributed by atoms with Gasteiger partial charge in [0.1, 0.15) is 6.04 Å². The van der Waals surface area contributed by atoms with Crippen LogP contribution in [0.2, 0.25) is 0 Å². The lowest BCUT2D eigenvalue weighted by molar-refractivity contribution is -0.131. The summed E-state index contributed by atoms with van der Waals surface area (Å²) in [5, 5.41) is 2.90. The Labute approximate surface area is 113 Å². The van der Waals surface area contributed by atoms with Gasteiger partial charge in [0.05, 0.1) is 0 Å². The van der Waals surface area contributed by atoms with Gasteiger partial charge >= 0.3 is 0 Å². The summed E-state index contributed by atoms with van der Waals surface area (Å²) >= 11 is 0. The number of hydrogen-bond donors (Lipinski definition) is 1. The molecule has 2 rings (SSSR count). The van der Waals surface area contributed by atoms with Crippen LogP contribution < -0.4 is 5.32 Å². The molecule has 0 spiro atoms. The van der Waals surface area contributed by atoms with Crippen LogP contribution in [-0.2, 0) is 22.6 Å². The molecule has 0 unspecified atom stereocenters. The summed E-state index contributed by atoms with van der Waals surface area (Å²) in [6.45, 7) is 3.32. The first-order valence-electron chi connectivity index (χ1n) is 6.81. The van der Waals surface area contributed by atoms with Gasteiger partial charge in [-0.2, -0.15) is 0 Å². The van der Waals surface area contributed by atoms with Gasteiger partial charge in [0.25, 0.3) is 0 Å². The fraction of sp³-hybridized carbons (Fsp3) is 0.467. The average molecular weight is 260 g/mol. The summed E-state index contributed by atoms with van der Waals surface area (Å²) in [5.74, 6) is -0.0517. The van der Waals surface area contributed by atoms with Gasteiger partial charge in [-0.05, 0) is 30.4 Å². The molecule has 1 saturated heterocycles. The molecule has 1 aromatic carbocycles. The van der Waals surface area contributed by atoms with Crippen molar-refractivity contribution in [1.29, 1.82) is 0 Å². The molecule has 1 aromatic rings. The van der Waals surface area contributed by atoms with Crippen LogP contribution >= 0.6 is 0 Å². The minimum atomic E-state index is -0.285. The van der Waals surface area contributed by atoms with Crippen molar-refractivity contribution in [3.63, 3.8) is 0 Å². The van der Waals surface area contributed by atoms with E-state index >= 15 is 0 Å². The first-order valence-corrected chi connectivity index (χ1v) is 6.81. The highest BCUT2D eigenvalue weighted by Gasteiger charge is 2.29. The molecule has 0 bridgehead atoms. The maximum Gasteiger partial charge on any atom is 0.243 e. The molecule has 4 heteroatoms. The summed E-state index contributed by atoms with van der Waals surface area (Å²) in [6, 6.07) is 7.94. The average Bonchev–Trinajstić information content (AvgIpc) is 2.93. The zero-order valence-electron chi connectivity index (χ0n) is 11.3. The van der Waals surface area contributed by atoms with Gasteiger partial charge in [-0.1, -0.05) is 31.2 Å². The molecule has 1 heterocycles. The van der Waals surface area contributed by atoms with Crippen molar-refractivity contribution in [3.8, 4) is 0 Å². The van der Waals surface area contributed by atoms with Crippen molar-refractivity contribution in [2.24, 2.45) is 0 Å². The number of carbonyl (C=O) groups is 2. The largest absolute Gasteiger partial charge is 0.350 e.